The Morgan fingerprint density at radius 2 is 1.81 bits per heavy atom. The minimum absolute atomic E-state index is 0.0641. The third-order valence-electron chi connectivity index (χ3n) is 6.42. The number of nitrogens with two attached hydrogens (primary N) is 1. The number of aromatic nitrogens is 1. The number of nitro benzene ring substituents is 1. The van der Waals surface area contributed by atoms with Crippen LogP contribution in [0, 0.1) is 10.1 Å². The second-order valence-corrected chi connectivity index (χ2v) is 8.11. The number of hydrogen-bond donors (Lipinski definition) is 1. The normalized spacial score (nSPS) is 16.3. The standard InChI is InChI=1S/C25H19N3O3/c26-24-18-6-3-7-19(18)27-25-23(24)21(15-8-11-16(12-9-15)28(29)30)22-17-5-2-1-4-14(17)10-13-20(22)31-25/h1-2,4-5,8-13,21H,3,6-7H2,(H2,26,27). The van der Waals surface area contributed by atoms with Crippen LogP contribution in [0.1, 0.15) is 40.3 Å². The average molecular weight is 409 g/mol. The van der Waals surface area contributed by atoms with E-state index >= 15 is 0 Å². The molecule has 0 bridgehead atoms. The van der Waals surface area contributed by atoms with Crippen molar-refractivity contribution in [2.45, 2.75) is 25.2 Å². The summed E-state index contributed by atoms with van der Waals surface area (Å²) in [7, 11) is 0. The van der Waals surface area contributed by atoms with Crippen molar-refractivity contribution in [3.63, 3.8) is 0 Å². The second-order valence-electron chi connectivity index (χ2n) is 8.11. The van der Waals surface area contributed by atoms with Gasteiger partial charge in [0.15, 0.2) is 0 Å². The van der Waals surface area contributed by atoms with Crippen LogP contribution in [0.5, 0.6) is 11.6 Å². The molecule has 6 heteroatoms. The molecule has 4 aromatic rings. The first kappa shape index (κ1) is 17.9. The molecule has 0 fully saturated rings. The number of pyridine rings is 1. The van der Waals surface area contributed by atoms with Crippen molar-refractivity contribution < 1.29 is 9.66 Å². The van der Waals surface area contributed by atoms with Gasteiger partial charge < -0.3 is 10.5 Å². The molecular weight excluding hydrogens is 390 g/mol. The van der Waals surface area contributed by atoms with E-state index in [9.17, 15) is 10.1 Å². The number of rotatable bonds is 2. The van der Waals surface area contributed by atoms with Gasteiger partial charge in [0.25, 0.3) is 5.69 Å². The molecule has 31 heavy (non-hydrogen) atoms. The summed E-state index contributed by atoms with van der Waals surface area (Å²) in [5, 5.41) is 13.4. The van der Waals surface area contributed by atoms with Gasteiger partial charge in [0, 0.05) is 40.6 Å². The number of anilines is 1. The first-order valence-electron chi connectivity index (χ1n) is 10.4. The van der Waals surface area contributed by atoms with Crippen LogP contribution in [0.25, 0.3) is 10.8 Å². The fourth-order valence-corrected chi connectivity index (χ4v) is 4.99. The highest BCUT2D eigenvalue weighted by Crippen LogP contribution is 2.52. The molecule has 0 radical (unpaired) electrons. The first-order chi connectivity index (χ1) is 15.1. The van der Waals surface area contributed by atoms with E-state index < -0.39 is 0 Å². The Labute approximate surface area is 178 Å². The molecule has 0 spiro atoms. The maximum atomic E-state index is 11.2. The van der Waals surface area contributed by atoms with Crippen molar-refractivity contribution in [3.8, 4) is 11.6 Å². The van der Waals surface area contributed by atoms with Crippen LogP contribution in [-0.4, -0.2) is 9.91 Å². The van der Waals surface area contributed by atoms with Gasteiger partial charge in [-0.25, -0.2) is 4.98 Å². The molecule has 2 heterocycles. The number of ether oxygens (including phenoxy) is 1. The van der Waals surface area contributed by atoms with E-state index in [0.29, 0.717) is 5.88 Å². The van der Waals surface area contributed by atoms with Crippen LogP contribution in [0.3, 0.4) is 0 Å². The molecule has 1 unspecified atom stereocenters. The van der Waals surface area contributed by atoms with Crippen LogP contribution in [0.15, 0.2) is 60.7 Å². The summed E-state index contributed by atoms with van der Waals surface area (Å²) < 4.78 is 6.31. The van der Waals surface area contributed by atoms with E-state index in [1.807, 2.05) is 36.4 Å². The lowest BCUT2D eigenvalue weighted by molar-refractivity contribution is -0.384. The zero-order valence-corrected chi connectivity index (χ0v) is 16.7. The third-order valence-corrected chi connectivity index (χ3v) is 6.42. The monoisotopic (exact) mass is 409 g/mol. The molecule has 1 aliphatic carbocycles. The number of fused-ring (bicyclic) bond motifs is 5. The molecule has 3 aromatic carbocycles. The van der Waals surface area contributed by atoms with E-state index in [1.54, 1.807) is 12.1 Å². The van der Waals surface area contributed by atoms with Gasteiger partial charge in [0.2, 0.25) is 5.88 Å². The zero-order chi connectivity index (χ0) is 21.1. The number of hydrogen-bond acceptors (Lipinski definition) is 5. The van der Waals surface area contributed by atoms with Crippen molar-refractivity contribution in [1.29, 1.82) is 0 Å². The van der Waals surface area contributed by atoms with Gasteiger partial charge in [-0.1, -0.05) is 42.5 Å². The summed E-state index contributed by atoms with van der Waals surface area (Å²) in [5.41, 5.74) is 12.5. The second kappa shape index (κ2) is 6.54. The van der Waals surface area contributed by atoms with Crippen molar-refractivity contribution >= 4 is 22.1 Å². The molecule has 1 atom stereocenters. The minimum atomic E-state index is -0.381. The molecule has 1 aromatic heterocycles. The SMILES string of the molecule is Nc1c2c(nc3c1C(c1ccc([N+](=O)[O-])cc1)c1c(ccc4ccccc14)O3)CCC2. The van der Waals surface area contributed by atoms with E-state index in [4.69, 9.17) is 15.5 Å². The number of aryl methyl sites for hydroxylation is 1. The predicted octanol–water partition coefficient (Wildman–Crippen LogP) is 5.50. The lowest BCUT2D eigenvalue weighted by atomic mass is 9.80. The summed E-state index contributed by atoms with van der Waals surface area (Å²) in [6.07, 6.45) is 2.85. The van der Waals surface area contributed by atoms with Gasteiger partial charge in [-0.15, -0.1) is 0 Å². The van der Waals surface area contributed by atoms with Crippen LogP contribution >= 0.6 is 0 Å². The van der Waals surface area contributed by atoms with Gasteiger partial charge in [-0.05, 0) is 47.2 Å². The largest absolute Gasteiger partial charge is 0.438 e. The molecule has 6 nitrogen and oxygen atoms in total. The molecule has 1 aliphatic heterocycles. The highest BCUT2D eigenvalue weighted by molar-refractivity contribution is 5.91. The molecule has 152 valence electrons. The van der Waals surface area contributed by atoms with E-state index in [2.05, 4.69) is 12.1 Å². The maximum absolute atomic E-state index is 11.2. The summed E-state index contributed by atoms with van der Waals surface area (Å²) in [6, 6.07) is 18.9. The number of nitrogens with zero attached hydrogens (tertiary/aromatic N) is 2. The Kier molecular flexibility index (Phi) is 3.77. The van der Waals surface area contributed by atoms with Crippen LogP contribution < -0.4 is 10.5 Å². The van der Waals surface area contributed by atoms with Crippen molar-refractivity contribution in [3.05, 3.63) is 98.7 Å². The van der Waals surface area contributed by atoms with Gasteiger partial charge in [-0.3, -0.25) is 10.1 Å². The van der Waals surface area contributed by atoms with Gasteiger partial charge in [-0.2, -0.15) is 0 Å². The number of nitro groups is 1. The quantitative estimate of drug-likeness (QED) is 0.307. The Hall–Kier alpha value is -3.93. The van der Waals surface area contributed by atoms with Crippen LogP contribution in [0.4, 0.5) is 11.4 Å². The van der Waals surface area contributed by atoms with Gasteiger partial charge in [0.05, 0.1) is 4.92 Å². The fourth-order valence-electron chi connectivity index (χ4n) is 4.99. The van der Waals surface area contributed by atoms with Crippen molar-refractivity contribution in [2.24, 2.45) is 0 Å². The summed E-state index contributed by atoms with van der Waals surface area (Å²) in [4.78, 5) is 15.7. The minimum Gasteiger partial charge on any atom is -0.438 e. The molecular formula is C25H19N3O3. The van der Waals surface area contributed by atoms with Crippen molar-refractivity contribution in [1.82, 2.24) is 4.98 Å². The molecule has 6 rings (SSSR count). The molecule has 0 saturated heterocycles. The van der Waals surface area contributed by atoms with Crippen LogP contribution in [0.2, 0.25) is 0 Å². The van der Waals surface area contributed by atoms with Crippen molar-refractivity contribution in [2.75, 3.05) is 5.73 Å². The van der Waals surface area contributed by atoms with Gasteiger partial charge >= 0.3 is 0 Å². The summed E-state index contributed by atoms with van der Waals surface area (Å²) in [6.45, 7) is 0. The summed E-state index contributed by atoms with van der Waals surface area (Å²) in [5.74, 6) is 1.08. The fraction of sp³-hybridized carbons (Fsp3) is 0.160. The highest BCUT2D eigenvalue weighted by atomic mass is 16.6. The Bertz CT molecular complexity index is 1380. The molecule has 2 aliphatic rings. The topological polar surface area (TPSA) is 91.3 Å². The molecule has 0 amide bonds. The maximum Gasteiger partial charge on any atom is 0.269 e. The Morgan fingerprint density at radius 3 is 2.61 bits per heavy atom. The first-order valence-corrected chi connectivity index (χ1v) is 10.4. The smallest absolute Gasteiger partial charge is 0.269 e. The predicted molar refractivity (Wildman–Crippen MR) is 119 cm³/mol. The van der Waals surface area contributed by atoms with E-state index in [-0.39, 0.29) is 16.5 Å². The third kappa shape index (κ3) is 2.61. The Balaban J connectivity index is 1.66. The number of nitrogen functional groups attached to an aromatic ring is 1. The van der Waals surface area contributed by atoms with E-state index in [1.165, 1.54) is 0 Å². The Morgan fingerprint density at radius 1 is 1.00 bits per heavy atom. The van der Waals surface area contributed by atoms with Crippen LogP contribution in [-0.2, 0) is 12.8 Å². The number of benzene rings is 3. The van der Waals surface area contributed by atoms with E-state index in [0.717, 1.165) is 69.4 Å². The number of non-ortho nitro benzene ring substituents is 1. The molecule has 0 saturated carbocycles. The lowest BCUT2D eigenvalue weighted by Gasteiger charge is -2.31. The summed E-state index contributed by atoms with van der Waals surface area (Å²) >= 11 is 0. The lowest BCUT2D eigenvalue weighted by Crippen LogP contribution is -2.17. The highest BCUT2D eigenvalue weighted by Gasteiger charge is 2.36. The average Bonchev–Trinajstić information content (AvgIpc) is 3.26. The molecule has 2 N–H and O–H groups in total. The van der Waals surface area contributed by atoms with Gasteiger partial charge in [0.1, 0.15) is 5.75 Å². The zero-order valence-electron chi connectivity index (χ0n) is 16.7.